The Labute approximate surface area is 204 Å². The second kappa shape index (κ2) is 11.5. The van der Waals surface area contributed by atoms with Crippen LogP contribution >= 0.6 is 35.3 Å². The smallest absolute Gasteiger partial charge is 0.191 e. The molecule has 0 radical (unpaired) electrons. The van der Waals surface area contributed by atoms with E-state index in [4.69, 9.17) is 14.1 Å². The molecular weight excluding hydrogens is 523 g/mol. The number of fused-ring (bicyclic) bond motifs is 1. The number of aromatic nitrogens is 1. The van der Waals surface area contributed by atoms with Crippen LogP contribution in [0.25, 0.3) is 0 Å². The topological polar surface area (TPSA) is 71.7 Å². The number of nitrogens with one attached hydrogen (secondary N) is 2. The number of aryl methyl sites for hydroxylation is 1. The Kier molecular flexibility index (Phi) is 8.77. The van der Waals surface area contributed by atoms with Crippen LogP contribution < -0.4 is 15.4 Å². The Hall–Kier alpha value is -2.07. The van der Waals surface area contributed by atoms with Crippen molar-refractivity contribution in [3.63, 3.8) is 0 Å². The number of nitrogens with zero attached hydrogens (tertiary/aromatic N) is 2. The first kappa shape index (κ1) is 23.6. The van der Waals surface area contributed by atoms with Gasteiger partial charge in [0.05, 0.1) is 30.5 Å². The lowest BCUT2D eigenvalue weighted by atomic mass is 10.0. The number of benzene rings is 1. The van der Waals surface area contributed by atoms with Gasteiger partial charge in [-0.15, -0.1) is 35.3 Å². The lowest BCUT2D eigenvalue weighted by Gasteiger charge is -2.28. The largest absolute Gasteiger partial charge is 0.493 e. The number of aliphatic imine (C=N–C) groups is 1. The fourth-order valence-electron chi connectivity index (χ4n) is 3.47. The van der Waals surface area contributed by atoms with E-state index in [1.807, 2.05) is 30.5 Å². The quantitative estimate of drug-likeness (QED) is 0.244. The maximum Gasteiger partial charge on any atom is 0.191 e. The second-order valence-electron chi connectivity index (χ2n) is 7.53. The van der Waals surface area contributed by atoms with Crippen LogP contribution in [0, 0.1) is 6.92 Å². The molecule has 1 aliphatic heterocycles. The zero-order chi connectivity index (χ0) is 20.8. The van der Waals surface area contributed by atoms with Gasteiger partial charge in [-0.25, -0.2) is 4.98 Å². The summed E-state index contributed by atoms with van der Waals surface area (Å²) in [6, 6.07) is 12.3. The molecule has 1 aliphatic rings. The molecule has 0 spiro atoms. The van der Waals surface area contributed by atoms with Gasteiger partial charge in [-0.3, -0.25) is 4.99 Å². The third-order valence-corrected chi connectivity index (χ3v) is 6.24. The SMILES string of the molecule is Cc1cnc(C(C)CN=C(NCCc2ccco2)NC2CCOc3ccccc32)s1.I. The summed E-state index contributed by atoms with van der Waals surface area (Å²) in [6.07, 6.45) is 5.34. The molecule has 2 aromatic heterocycles. The van der Waals surface area contributed by atoms with Crippen molar-refractivity contribution in [2.75, 3.05) is 19.7 Å². The Bertz CT molecular complexity index is 974. The van der Waals surface area contributed by atoms with Gasteiger partial charge in [-0.1, -0.05) is 25.1 Å². The summed E-state index contributed by atoms with van der Waals surface area (Å²) in [6.45, 7) is 6.38. The number of hydrogen-bond donors (Lipinski definition) is 2. The van der Waals surface area contributed by atoms with Gasteiger partial charge in [0, 0.05) is 41.9 Å². The fraction of sp³-hybridized carbons (Fsp3) is 0.391. The summed E-state index contributed by atoms with van der Waals surface area (Å²) in [7, 11) is 0. The number of halogens is 1. The summed E-state index contributed by atoms with van der Waals surface area (Å²) >= 11 is 1.74. The molecular formula is C23H29IN4O2S. The molecule has 2 N–H and O–H groups in total. The molecule has 0 bridgehead atoms. The number of hydrogen-bond acceptors (Lipinski definition) is 5. The van der Waals surface area contributed by atoms with Crippen molar-refractivity contribution < 1.29 is 9.15 Å². The molecule has 1 aromatic carbocycles. The average molecular weight is 552 g/mol. The number of guanidine groups is 1. The highest BCUT2D eigenvalue weighted by molar-refractivity contribution is 14.0. The molecule has 6 nitrogen and oxygen atoms in total. The minimum absolute atomic E-state index is 0. The molecule has 2 unspecified atom stereocenters. The first-order chi connectivity index (χ1) is 14.7. The molecule has 31 heavy (non-hydrogen) atoms. The van der Waals surface area contributed by atoms with Crippen LogP contribution in [0.5, 0.6) is 5.75 Å². The van der Waals surface area contributed by atoms with Gasteiger partial charge in [-0.2, -0.15) is 0 Å². The molecule has 3 heterocycles. The van der Waals surface area contributed by atoms with Crippen molar-refractivity contribution in [3.8, 4) is 5.75 Å². The van der Waals surface area contributed by atoms with E-state index in [1.54, 1.807) is 17.6 Å². The Balaban J connectivity index is 0.00000272. The maximum atomic E-state index is 5.80. The molecule has 166 valence electrons. The molecule has 0 saturated carbocycles. The third-order valence-electron chi connectivity index (χ3n) is 5.10. The lowest BCUT2D eigenvalue weighted by molar-refractivity contribution is 0.261. The highest BCUT2D eigenvalue weighted by Crippen LogP contribution is 2.31. The third kappa shape index (κ3) is 6.46. The van der Waals surface area contributed by atoms with Gasteiger partial charge in [-0.05, 0) is 25.1 Å². The summed E-state index contributed by atoms with van der Waals surface area (Å²) in [5, 5.41) is 8.21. The number of thiazole rings is 1. The van der Waals surface area contributed by atoms with Gasteiger partial charge in [0.1, 0.15) is 11.5 Å². The lowest BCUT2D eigenvalue weighted by Crippen LogP contribution is -2.42. The normalized spacial score (nSPS) is 16.6. The maximum absolute atomic E-state index is 5.80. The highest BCUT2D eigenvalue weighted by Gasteiger charge is 2.22. The minimum Gasteiger partial charge on any atom is -0.493 e. The van der Waals surface area contributed by atoms with Crippen molar-refractivity contribution in [1.82, 2.24) is 15.6 Å². The number of furan rings is 1. The molecule has 0 aliphatic carbocycles. The Morgan fingerprint density at radius 3 is 2.94 bits per heavy atom. The van der Waals surface area contributed by atoms with E-state index < -0.39 is 0 Å². The van der Waals surface area contributed by atoms with Crippen molar-refractivity contribution in [2.24, 2.45) is 4.99 Å². The van der Waals surface area contributed by atoms with Crippen LogP contribution in [-0.4, -0.2) is 30.6 Å². The molecule has 3 aromatic rings. The van der Waals surface area contributed by atoms with E-state index >= 15 is 0 Å². The molecule has 8 heteroatoms. The summed E-state index contributed by atoms with van der Waals surface area (Å²) in [4.78, 5) is 10.6. The number of rotatable bonds is 7. The standard InChI is InChI=1S/C23H28N4O2S.HI/c1-16(22-25-15-17(2)30-22)14-26-23(24-11-9-18-6-5-12-28-18)27-20-10-13-29-21-8-4-3-7-19(20)21;/h3-8,12,15-16,20H,9-11,13-14H2,1-2H3,(H2,24,26,27);1H. The molecule has 0 saturated heterocycles. The number of para-hydroxylation sites is 1. The summed E-state index contributed by atoms with van der Waals surface area (Å²) in [5.74, 6) is 2.99. The molecule has 0 fully saturated rings. The van der Waals surface area contributed by atoms with Crippen molar-refractivity contribution in [1.29, 1.82) is 0 Å². The van der Waals surface area contributed by atoms with Crippen LogP contribution in [0.3, 0.4) is 0 Å². The summed E-state index contributed by atoms with van der Waals surface area (Å²) in [5.41, 5.74) is 1.17. The van der Waals surface area contributed by atoms with E-state index in [2.05, 4.69) is 41.6 Å². The first-order valence-electron chi connectivity index (χ1n) is 10.4. The highest BCUT2D eigenvalue weighted by atomic mass is 127. The van der Waals surface area contributed by atoms with E-state index in [-0.39, 0.29) is 35.9 Å². The Morgan fingerprint density at radius 1 is 1.29 bits per heavy atom. The van der Waals surface area contributed by atoms with E-state index in [0.717, 1.165) is 41.9 Å². The van der Waals surface area contributed by atoms with Crippen molar-refractivity contribution in [3.05, 3.63) is 70.1 Å². The monoisotopic (exact) mass is 552 g/mol. The summed E-state index contributed by atoms with van der Waals surface area (Å²) < 4.78 is 11.3. The van der Waals surface area contributed by atoms with E-state index in [1.165, 1.54) is 10.4 Å². The van der Waals surface area contributed by atoms with Gasteiger partial charge in [0.15, 0.2) is 5.96 Å². The zero-order valence-corrected chi connectivity index (χ0v) is 21.0. The average Bonchev–Trinajstić information content (AvgIpc) is 3.44. The predicted molar refractivity (Wildman–Crippen MR) is 136 cm³/mol. The van der Waals surface area contributed by atoms with Crippen LogP contribution in [0.1, 0.15) is 46.5 Å². The predicted octanol–water partition coefficient (Wildman–Crippen LogP) is 5.07. The van der Waals surface area contributed by atoms with E-state index in [9.17, 15) is 0 Å². The minimum atomic E-state index is 0. The van der Waals surface area contributed by atoms with Gasteiger partial charge in [0.25, 0.3) is 0 Å². The fourth-order valence-corrected chi connectivity index (χ4v) is 4.29. The van der Waals surface area contributed by atoms with Crippen molar-refractivity contribution >= 4 is 41.3 Å². The molecule has 4 rings (SSSR count). The van der Waals surface area contributed by atoms with Crippen molar-refractivity contribution in [2.45, 2.75) is 38.6 Å². The molecule has 0 amide bonds. The van der Waals surface area contributed by atoms with Gasteiger partial charge in [0.2, 0.25) is 0 Å². The van der Waals surface area contributed by atoms with Crippen LogP contribution in [-0.2, 0) is 6.42 Å². The van der Waals surface area contributed by atoms with Gasteiger partial charge < -0.3 is 19.8 Å². The van der Waals surface area contributed by atoms with Crippen LogP contribution in [0.2, 0.25) is 0 Å². The van der Waals surface area contributed by atoms with Gasteiger partial charge >= 0.3 is 0 Å². The first-order valence-corrected chi connectivity index (χ1v) is 11.2. The number of ether oxygens (including phenoxy) is 1. The van der Waals surface area contributed by atoms with E-state index in [0.29, 0.717) is 13.2 Å². The second-order valence-corrected chi connectivity index (χ2v) is 8.79. The Morgan fingerprint density at radius 2 is 2.16 bits per heavy atom. The molecule has 2 atom stereocenters. The van der Waals surface area contributed by atoms with Crippen LogP contribution in [0.4, 0.5) is 0 Å². The van der Waals surface area contributed by atoms with Crippen LogP contribution in [0.15, 0.2) is 58.3 Å². The zero-order valence-electron chi connectivity index (χ0n) is 17.8.